The predicted octanol–water partition coefficient (Wildman–Crippen LogP) is 3.78. The van der Waals surface area contributed by atoms with Crippen molar-refractivity contribution in [2.75, 3.05) is 19.0 Å². The SMILES string of the molecule is Cc1[nH+]c(C)c(C(C)(C)C)c(N(C)C)c1C(C)(C)C. The summed E-state index contributed by atoms with van der Waals surface area (Å²) in [5, 5.41) is 0. The Balaban J connectivity index is 3.85. The number of nitrogens with one attached hydrogen (secondary N) is 1. The molecule has 0 saturated heterocycles. The second kappa shape index (κ2) is 4.81. The first-order chi connectivity index (χ1) is 8.37. The van der Waals surface area contributed by atoms with Crippen molar-refractivity contribution < 1.29 is 4.98 Å². The lowest BCUT2D eigenvalue weighted by Gasteiger charge is -2.32. The number of anilines is 1. The van der Waals surface area contributed by atoms with Gasteiger partial charge >= 0.3 is 0 Å². The van der Waals surface area contributed by atoms with Crippen molar-refractivity contribution in [3.8, 4) is 0 Å². The Morgan fingerprint density at radius 3 is 1.26 bits per heavy atom. The van der Waals surface area contributed by atoms with Crippen LogP contribution in [0.2, 0.25) is 0 Å². The maximum atomic E-state index is 3.59. The van der Waals surface area contributed by atoms with E-state index in [4.69, 9.17) is 0 Å². The molecule has 0 saturated carbocycles. The molecule has 1 aromatic rings. The van der Waals surface area contributed by atoms with E-state index in [9.17, 15) is 0 Å². The van der Waals surface area contributed by atoms with Crippen LogP contribution < -0.4 is 9.88 Å². The number of aromatic amines is 1. The van der Waals surface area contributed by atoms with Crippen molar-refractivity contribution in [2.24, 2.45) is 0 Å². The zero-order valence-electron chi connectivity index (χ0n) is 14.4. The zero-order chi connectivity index (χ0) is 15.2. The molecule has 108 valence electrons. The molecule has 0 unspecified atom stereocenters. The number of nitrogens with zero attached hydrogens (tertiary/aromatic N) is 1. The summed E-state index contributed by atoms with van der Waals surface area (Å²) in [5.74, 6) is 0. The van der Waals surface area contributed by atoms with Gasteiger partial charge in [-0.1, -0.05) is 41.5 Å². The second-order valence-electron chi connectivity index (χ2n) is 7.87. The van der Waals surface area contributed by atoms with Gasteiger partial charge in [0.1, 0.15) is 0 Å². The van der Waals surface area contributed by atoms with Gasteiger partial charge in [0.2, 0.25) is 0 Å². The third-order valence-electron chi connectivity index (χ3n) is 3.55. The summed E-state index contributed by atoms with van der Waals surface area (Å²) in [6, 6.07) is 0. The van der Waals surface area contributed by atoms with Crippen LogP contribution in [0.5, 0.6) is 0 Å². The van der Waals surface area contributed by atoms with Gasteiger partial charge < -0.3 is 4.90 Å². The molecule has 0 aromatic carbocycles. The molecular formula is C17H31N2+. The van der Waals surface area contributed by atoms with E-state index in [-0.39, 0.29) is 10.8 Å². The Bertz CT molecular complexity index is 433. The zero-order valence-corrected chi connectivity index (χ0v) is 14.4. The van der Waals surface area contributed by atoms with Gasteiger partial charge in [0.25, 0.3) is 0 Å². The van der Waals surface area contributed by atoms with Crippen molar-refractivity contribution in [3.63, 3.8) is 0 Å². The highest BCUT2D eigenvalue weighted by atomic mass is 15.1. The molecule has 0 aliphatic rings. The smallest absolute Gasteiger partial charge is 0.182 e. The number of hydrogen-bond donors (Lipinski definition) is 0. The van der Waals surface area contributed by atoms with Gasteiger partial charge in [0.05, 0.1) is 5.69 Å². The standard InChI is InChI=1S/C17H30N2/c1-11-13(16(3,4)5)15(19(9)10)14(12(2)18-11)17(6,7)8/h1-10H3/p+1. The van der Waals surface area contributed by atoms with Crippen molar-refractivity contribution in [1.82, 2.24) is 0 Å². The topological polar surface area (TPSA) is 17.4 Å². The minimum Gasteiger partial charge on any atom is -0.377 e. The Hall–Kier alpha value is -1.05. The van der Waals surface area contributed by atoms with E-state index < -0.39 is 0 Å². The summed E-state index contributed by atoms with van der Waals surface area (Å²) in [5.41, 5.74) is 7.06. The highest BCUT2D eigenvalue weighted by molar-refractivity contribution is 5.64. The maximum Gasteiger partial charge on any atom is 0.182 e. The van der Waals surface area contributed by atoms with Gasteiger partial charge in [-0.05, 0) is 10.8 Å². The van der Waals surface area contributed by atoms with Gasteiger partial charge in [-0.3, -0.25) is 0 Å². The molecule has 0 fully saturated rings. The van der Waals surface area contributed by atoms with E-state index in [1.807, 2.05) is 0 Å². The van der Waals surface area contributed by atoms with Crippen LogP contribution in [-0.2, 0) is 10.8 Å². The van der Waals surface area contributed by atoms with Crippen LogP contribution in [0.1, 0.15) is 64.1 Å². The molecule has 1 heterocycles. The van der Waals surface area contributed by atoms with Gasteiger partial charge in [0, 0.05) is 39.1 Å². The number of aryl methyl sites for hydroxylation is 2. The normalized spacial score (nSPS) is 12.7. The Kier molecular flexibility index (Phi) is 4.05. The van der Waals surface area contributed by atoms with E-state index >= 15 is 0 Å². The summed E-state index contributed by atoms with van der Waals surface area (Å²) in [6.45, 7) is 18.1. The third-order valence-corrected chi connectivity index (χ3v) is 3.55. The maximum absolute atomic E-state index is 3.59. The monoisotopic (exact) mass is 263 g/mol. The molecule has 0 aliphatic carbocycles. The first-order valence-corrected chi connectivity index (χ1v) is 7.12. The molecule has 0 atom stereocenters. The van der Waals surface area contributed by atoms with Gasteiger partial charge in [-0.15, -0.1) is 0 Å². The van der Waals surface area contributed by atoms with E-state index in [1.165, 1.54) is 28.2 Å². The lowest BCUT2D eigenvalue weighted by Crippen LogP contribution is -2.33. The van der Waals surface area contributed by atoms with Crippen LogP contribution in [0.15, 0.2) is 0 Å². The Morgan fingerprint density at radius 1 is 0.737 bits per heavy atom. The third kappa shape index (κ3) is 3.10. The molecule has 1 N–H and O–H groups in total. The van der Waals surface area contributed by atoms with Crippen LogP contribution in [0.25, 0.3) is 0 Å². The fourth-order valence-corrected chi connectivity index (χ4v) is 3.17. The number of aromatic nitrogens is 1. The average Bonchev–Trinajstić information content (AvgIpc) is 2.10. The minimum absolute atomic E-state index is 0.133. The molecule has 2 heteroatoms. The van der Waals surface area contributed by atoms with Crippen molar-refractivity contribution in [1.29, 1.82) is 0 Å². The van der Waals surface area contributed by atoms with E-state index in [1.54, 1.807) is 0 Å². The Morgan fingerprint density at radius 2 is 1.05 bits per heavy atom. The molecule has 0 amide bonds. The highest BCUT2D eigenvalue weighted by Crippen LogP contribution is 2.40. The molecule has 0 bridgehead atoms. The lowest BCUT2D eigenvalue weighted by atomic mass is 9.77. The minimum atomic E-state index is 0.133. The second-order valence-corrected chi connectivity index (χ2v) is 7.87. The number of hydrogen-bond acceptors (Lipinski definition) is 1. The first kappa shape index (κ1) is 16.0. The predicted molar refractivity (Wildman–Crippen MR) is 84.2 cm³/mol. The largest absolute Gasteiger partial charge is 0.377 e. The molecule has 0 radical (unpaired) electrons. The van der Waals surface area contributed by atoms with Crippen molar-refractivity contribution >= 4 is 5.69 Å². The van der Waals surface area contributed by atoms with Crippen LogP contribution in [0.4, 0.5) is 5.69 Å². The van der Waals surface area contributed by atoms with Crippen molar-refractivity contribution in [3.05, 3.63) is 22.5 Å². The molecule has 19 heavy (non-hydrogen) atoms. The Labute approximate surface area is 119 Å². The molecule has 1 rings (SSSR count). The van der Waals surface area contributed by atoms with Crippen LogP contribution in [0, 0.1) is 13.8 Å². The summed E-state index contributed by atoms with van der Waals surface area (Å²) in [7, 11) is 4.30. The fraction of sp³-hybridized carbons (Fsp3) is 0.706. The average molecular weight is 263 g/mol. The van der Waals surface area contributed by atoms with E-state index in [0.29, 0.717) is 0 Å². The van der Waals surface area contributed by atoms with Crippen LogP contribution in [-0.4, -0.2) is 14.1 Å². The van der Waals surface area contributed by atoms with Crippen molar-refractivity contribution in [2.45, 2.75) is 66.2 Å². The number of H-pyrrole nitrogens is 1. The lowest BCUT2D eigenvalue weighted by molar-refractivity contribution is -0.398. The van der Waals surface area contributed by atoms with E-state index in [0.717, 1.165) is 0 Å². The first-order valence-electron chi connectivity index (χ1n) is 7.12. The van der Waals surface area contributed by atoms with Gasteiger partial charge in [-0.2, -0.15) is 0 Å². The van der Waals surface area contributed by atoms with Crippen LogP contribution >= 0.6 is 0 Å². The number of pyridine rings is 1. The quantitative estimate of drug-likeness (QED) is 0.754. The fourth-order valence-electron chi connectivity index (χ4n) is 3.17. The summed E-state index contributed by atoms with van der Waals surface area (Å²) < 4.78 is 0. The summed E-state index contributed by atoms with van der Waals surface area (Å²) >= 11 is 0. The summed E-state index contributed by atoms with van der Waals surface area (Å²) in [6.07, 6.45) is 0. The van der Waals surface area contributed by atoms with E-state index in [2.05, 4.69) is 79.4 Å². The highest BCUT2D eigenvalue weighted by Gasteiger charge is 2.34. The number of rotatable bonds is 1. The van der Waals surface area contributed by atoms with Gasteiger partial charge in [-0.25, -0.2) is 4.98 Å². The van der Waals surface area contributed by atoms with Crippen LogP contribution in [0.3, 0.4) is 0 Å². The molecular weight excluding hydrogens is 232 g/mol. The molecule has 2 nitrogen and oxygen atoms in total. The molecule has 0 aliphatic heterocycles. The summed E-state index contributed by atoms with van der Waals surface area (Å²) in [4.78, 5) is 5.86. The molecule has 1 aromatic heterocycles. The van der Waals surface area contributed by atoms with Gasteiger partial charge in [0.15, 0.2) is 11.4 Å². The molecule has 0 spiro atoms.